The summed E-state index contributed by atoms with van der Waals surface area (Å²) in [6.45, 7) is 3.93. The Labute approximate surface area is 102 Å². The second-order valence-corrected chi connectivity index (χ2v) is 4.95. The molecule has 1 saturated heterocycles. The highest BCUT2D eigenvalue weighted by molar-refractivity contribution is 5.76. The van der Waals surface area contributed by atoms with Gasteiger partial charge < -0.3 is 15.1 Å². The van der Waals surface area contributed by atoms with Crippen molar-refractivity contribution >= 4 is 5.91 Å². The first-order chi connectivity index (χ1) is 8.18. The number of carbonyl (C=O) groups is 1. The van der Waals surface area contributed by atoms with Gasteiger partial charge in [-0.25, -0.2) is 0 Å². The van der Waals surface area contributed by atoms with Gasteiger partial charge in [-0.15, -0.1) is 0 Å². The van der Waals surface area contributed by atoms with Crippen molar-refractivity contribution in [2.75, 3.05) is 13.1 Å². The maximum absolute atomic E-state index is 11.7. The van der Waals surface area contributed by atoms with Crippen LogP contribution in [0.25, 0.3) is 0 Å². The van der Waals surface area contributed by atoms with E-state index in [4.69, 9.17) is 4.42 Å². The van der Waals surface area contributed by atoms with Crippen LogP contribution in [0.15, 0.2) is 22.8 Å². The molecule has 1 aromatic rings. The van der Waals surface area contributed by atoms with Gasteiger partial charge in [-0.1, -0.05) is 0 Å². The van der Waals surface area contributed by atoms with E-state index in [-0.39, 0.29) is 11.4 Å². The van der Waals surface area contributed by atoms with Gasteiger partial charge in [0.25, 0.3) is 0 Å². The number of aryl methyl sites for hydroxylation is 1. The van der Waals surface area contributed by atoms with E-state index in [0.717, 1.165) is 18.7 Å². The summed E-state index contributed by atoms with van der Waals surface area (Å²) in [7, 11) is 0. The van der Waals surface area contributed by atoms with Crippen LogP contribution in [0.2, 0.25) is 0 Å². The van der Waals surface area contributed by atoms with Gasteiger partial charge in [0.15, 0.2) is 0 Å². The summed E-state index contributed by atoms with van der Waals surface area (Å²) in [4.78, 5) is 11.7. The van der Waals surface area contributed by atoms with Gasteiger partial charge in [0.05, 0.1) is 6.26 Å². The summed E-state index contributed by atoms with van der Waals surface area (Å²) in [5.74, 6) is 0.960. The molecule has 0 radical (unpaired) electrons. The van der Waals surface area contributed by atoms with Crippen molar-refractivity contribution < 1.29 is 9.21 Å². The third-order valence-corrected chi connectivity index (χ3v) is 3.31. The predicted molar refractivity (Wildman–Crippen MR) is 65.7 cm³/mol. The molecule has 1 fully saturated rings. The number of hydrogen-bond acceptors (Lipinski definition) is 3. The van der Waals surface area contributed by atoms with Crippen LogP contribution in [0.4, 0.5) is 0 Å². The quantitative estimate of drug-likeness (QED) is 0.814. The molecule has 4 nitrogen and oxygen atoms in total. The van der Waals surface area contributed by atoms with E-state index in [1.165, 1.54) is 6.42 Å². The van der Waals surface area contributed by atoms with E-state index < -0.39 is 0 Å². The van der Waals surface area contributed by atoms with Crippen LogP contribution >= 0.6 is 0 Å². The Bertz CT molecular complexity index is 354. The molecule has 0 aliphatic carbocycles. The molecule has 0 bridgehead atoms. The molecule has 17 heavy (non-hydrogen) atoms. The van der Waals surface area contributed by atoms with E-state index in [0.29, 0.717) is 19.4 Å². The molecule has 1 aliphatic rings. The SMILES string of the molecule is CC1(CNC(=O)CCc2ccco2)CCCN1. The van der Waals surface area contributed by atoms with Gasteiger partial charge in [-0.2, -0.15) is 0 Å². The third kappa shape index (κ3) is 3.60. The maximum Gasteiger partial charge on any atom is 0.220 e. The highest BCUT2D eigenvalue weighted by Gasteiger charge is 2.27. The van der Waals surface area contributed by atoms with Crippen molar-refractivity contribution in [3.05, 3.63) is 24.2 Å². The smallest absolute Gasteiger partial charge is 0.220 e. The molecule has 2 heterocycles. The molecule has 0 spiro atoms. The standard InChI is InChI=1S/C13H20N2O2/c1-13(7-3-8-15-13)10-14-12(16)6-5-11-4-2-9-17-11/h2,4,9,15H,3,5-8,10H2,1H3,(H,14,16). The van der Waals surface area contributed by atoms with E-state index in [2.05, 4.69) is 17.6 Å². The van der Waals surface area contributed by atoms with Crippen molar-refractivity contribution in [1.29, 1.82) is 0 Å². The number of nitrogens with one attached hydrogen (secondary N) is 2. The number of amides is 1. The van der Waals surface area contributed by atoms with Gasteiger partial charge in [0.2, 0.25) is 5.91 Å². The fourth-order valence-electron chi connectivity index (χ4n) is 2.18. The summed E-state index contributed by atoms with van der Waals surface area (Å²) in [6.07, 6.45) is 5.12. The number of hydrogen-bond donors (Lipinski definition) is 2. The summed E-state index contributed by atoms with van der Waals surface area (Å²) in [6, 6.07) is 3.74. The van der Waals surface area contributed by atoms with E-state index in [9.17, 15) is 4.79 Å². The van der Waals surface area contributed by atoms with Crippen molar-refractivity contribution in [2.45, 2.75) is 38.1 Å². The highest BCUT2D eigenvalue weighted by atomic mass is 16.3. The van der Waals surface area contributed by atoms with Crippen molar-refractivity contribution in [2.24, 2.45) is 0 Å². The van der Waals surface area contributed by atoms with Gasteiger partial charge in [-0.3, -0.25) is 4.79 Å². The number of furan rings is 1. The minimum Gasteiger partial charge on any atom is -0.469 e. The lowest BCUT2D eigenvalue weighted by Gasteiger charge is -2.24. The zero-order chi connectivity index (χ0) is 12.1. The molecule has 1 amide bonds. The van der Waals surface area contributed by atoms with Gasteiger partial charge in [-0.05, 0) is 38.4 Å². The van der Waals surface area contributed by atoms with Crippen LogP contribution in [0.5, 0.6) is 0 Å². The summed E-state index contributed by atoms with van der Waals surface area (Å²) >= 11 is 0. The molecule has 1 aliphatic heterocycles. The molecule has 0 aromatic carbocycles. The minimum atomic E-state index is 0.0837. The van der Waals surface area contributed by atoms with Crippen molar-refractivity contribution in [3.8, 4) is 0 Å². The minimum absolute atomic E-state index is 0.0837. The third-order valence-electron chi connectivity index (χ3n) is 3.31. The lowest BCUT2D eigenvalue weighted by Crippen LogP contribution is -2.47. The predicted octanol–water partition coefficient (Wildman–Crippen LogP) is 1.47. The van der Waals surface area contributed by atoms with Crippen LogP contribution in [0, 0.1) is 0 Å². The van der Waals surface area contributed by atoms with Crippen molar-refractivity contribution in [3.63, 3.8) is 0 Å². The topological polar surface area (TPSA) is 54.3 Å². The molecule has 2 rings (SSSR count). The average Bonchev–Trinajstić information content (AvgIpc) is 2.95. The Balaban J connectivity index is 1.67. The Kier molecular flexibility index (Phi) is 3.84. The van der Waals surface area contributed by atoms with Crippen LogP contribution < -0.4 is 10.6 Å². The highest BCUT2D eigenvalue weighted by Crippen LogP contribution is 2.17. The second-order valence-electron chi connectivity index (χ2n) is 4.95. The van der Waals surface area contributed by atoms with E-state index in [1.54, 1.807) is 6.26 Å². The monoisotopic (exact) mass is 236 g/mol. The molecule has 1 aromatic heterocycles. The van der Waals surface area contributed by atoms with Crippen LogP contribution in [-0.4, -0.2) is 24.5 Å². The molecule has 1 atom stereocenters. The first-order valence-corrected chi connectivity index (χ1v) is 6.22. The molecule has 0 saturated carbocycles. The zero-order valence-electron chi connectivity index (χ0n) is 10.3. The Morgan fingerprint density at radius 3 is 3.18 bits per heavy atom. The lowest BCUT2D eigenvalue weighted by molar-refractivity contribution is -0.121. The normalized spacial score (nSPS) is 23.8. The summed E-state index contributed by atoms with van der Waals surface area (Å²) in [5, 5.41) is 6.41. The zero-order valence-corrected chi connectivity index (χ0v) is 10.3. The first kappa shape index (κ1) is 12.2. The van der Waals surface area contributed by atoms with E-state index >= 15 is 0 Å². The Morgan fingerprint density at radius 1 is 1.65 bits per heavy atom. The number of rotatable bonds is 5. The fourth-order valence-corrected chi connectivity index (χ4v) is 2.18. The van der Waals surface area contributed by atoms with Gasteiger partial charge >= 0.3 is 0 Å². The number of carbonyl (C=O) groups excluding carboxylic acids is 1. The average molecular weight is 236 g/mol. The van der Waals surface area contributed by atoms with Gasteiger partial charge in [0.1, 0.15) is 5.76 Å². The maximum atomic E-state index is 11.7. The molecular weight excluding hydrogens is 216 g/mol. The Hall–Kier alpha value is -1.29. The van der Waals surface area contributed by atoms with Crippen LogP contribution in [-0.2, 0) is 11.2 Å². The van der Waals surface area contributed by atoms with Crippen LogP contribution in [0.1, 0.15) is 31.9 Å². The molecule has 2 N–H and O–H groups in total. The fraction of sp³-hybridized carbons (Fsp3) is 0.615. The summed E-state index contributed by atoms with van der Waals surface area (Å²) < 4.78 is 5.19. The molecule has 1 unspecified atom stereocenters. The lowest BCUT2D eigenvalue weighted by atomic mass is 10.0. The first-order valence-electron chi connectivity index (χ1n) is 6.22. The largest absolute Gasteiger partial charge is 0.469 e. The summed E-state index contributed by atoms with van der Waals surface area (Å²) in [5.41, 5.74) is 0.0837. The second kappa shape index (κ2) is 5.36. The van der Waals surface area contributed by atoms with E-state index in [1.807, 2.05) is 12.1 Å². The van der Waals surface area contributed by atoms with Crippen molar-refractivity contribution in [1.82, 2.24) is 10.6 Å². The van der Waals surface area contributed by atoms with Gasteiger partial charge in [0, 0.05) is 24.9 Å². The van der Waals surface area contributed by atoms with Crippen LogP contribution in [0.3, 0.4) is 0 Å². The molecule has 4 heteroatoms. The molecular formula is C13H20N2O2. The Morgan fingerprint density at radius 2 is 2.53 bits per heavy atom. The molecule has 94 valence electrons.